The minimum atomic E-state index is -2.45. The van der Waals surface area contributed by atoms with Gasteiger partial charge in [-0.05, 0) is 32.4 Å². The molecule has 1 aromatic heterocycles. The van der Waals surface area contributed by atoms with Gasteiger partial charge >= 0.3 is 0 Å². The van der Waals surface area contributed by atoms with Crippen molar-refractivity contribution in [2.45, 2.75) is 0 Å². The van der Waals surface area contributed by atoms with E-state index >= 15 is 0 Å². The second-order valence-electron chi connectivity index (χ2n) is 8.49. The first kappa shape index (κ1) is 17.8. The van der Waals surface area contributed by atoms with Gasteiger partial charge in [-0.2, -0.15) is 0 Å². The lowest BCUT2D eigenvalue weighted by Crippen LogP contribution is -2.72. The number of hydrogen-bond donors (Lipinski definition) is 0. The zero-order valence-corrected chi connectivity index (χ0v) is 18.5. The van der Waals surface area contributed by atoms with E-state index in [0.717, 1.165) is 11.2 Å². The fourth-order valence-corrected chi connectivity index (χ4v) is 10.9. The maximum absolute atomic E-state index is 6.54. The molecule has 0 amide bonds. The third-order valence-corrected chi connectivity index (χ3v) is 11.8. The average Bonchev–Trinajstić information content (AvgIpc) is 3.39. The van der Waals surface area contributed by atoms with Crippen molar-refractivity contribution < 1.29 is 4.42 Å². The molecule has 1 aliphatic rings. The molecule has 0 saturated heterocycles. The first-order valence-electron chi connectivity index (χ1n) is 11.0. The fraction of sp³-hybridized carbons (Fsp3) is 0. The molecule has 150 valence electrons. The van der Waals surface area contributed by atoms with Crippen molar-refractivity contribution in [1.29, 1.82) is 0 Å². The van der Waals surface area contributed by atoms with Gasteiger partial charge in [0.1, 0.15) is 11.2 Å². The highest BCUT2D eigenvalue weighted by molar-refractivity contribution is 7.22. The molecule has 2 heteroatoms. The van der Waals surface area contributed by atoms with Crippen LogP contribution in [0.4, 0.5) is 0 Å². The predicted octanol–water partition coefficient (Wildman–Crippen LogP) is 4.94. The predicted molar refractivity (Wildman–Crippen MR) is 136 cm³/mol. The zero-order valence-electron chi connectivity index (χ0n) is 17.5. The summed E-state index contributed by atoms with van der Waals surface area (Å²) in [5.41, 5.74) is 4.55. The normalized spacial score (nSPS) is 13.9. The van der Waals surface area contributed by atoms with Crippen LogP contribution in [-0.4, -0.2) is 8.07 Å². The van der Waals surface area contributed by atoms with E-state index in [9.17, 15) is 0 Å². The SMILES string of the molecule is c1ccc([Si]2(c3ccccc3)c3ccccc3-c3c2ccc2c3oc3ccccc32)cc1. The molecule has 1 nitrogen and oxygen atoms in total. The van der Waals surface area contributed by atoms with Crippen molar-refractivity contribution in [3.05, 3.63) is 121 Å². The molecular weight excluding hydrogens is 404 g/mol. The quantitative estimate of drug-likeness (QED) is 0.358. The molecule has 0 aliphatic carbocycles. The van der Waals surface area contributed by atoms with Crippen molar-refractivity contribution in [1.82, 2.24) is 0 Å². The lowest BCUT2D eigenvalue weighted by Gasteiger charge is -2.31. The molecule has 0 atom stereocenters. The van der Waals surface area contributed by atoms with Gasteiger partial charge in [0.25, 0.3) is 0 Å². The Kier molecular flexibility index (Phi) is 3.64. The Morgan fingerprint density at radius 2 is 1.09 bits per heavy atom. The summed E-state index contributed by atoms with van der Waals surface area (Å²) in [6, 6.07) is 44.2. The number of hydrogen-bond acceptors (Lipinski definition) is 1. The summed E-state index contributed by atoms with van der Waals surface area (Å²) >= 11 is 0. The van der Waals surface area contributed by atoms with Gasteiger partial charge in [0, 0.05) is 16.3 Å². The lowest BCUT2D eigenvalue weighted by molar-refractivity contribution is 0.670. The Labute approximate surface area is 187 Å². The van der Waals surface area contributed by atoms with Gasteiger partial charge in [0.15, 0.2) is 8.07 Å². The van der Waals surface area contributed by atoms with Gasteiger partial charge < -0.3 is 4.42 Å². The summed E-state index contributed by atoms with van der Waals surface area (Å²) in [5, 5.41) is 8.06. The summed E-state index contributed by atoms with van der Waals surface area (Å²) in [5.74, 6) is 0. The van der Waals surface area contributed by atoms with E-state index in [-0.39, 0.29) is 0 Å². The fourth-order valence-electron chi connectivity index (χ4n) is 5.71. The molecule has 1 aliphatic heterocycles. The van der Waals surface area contributed by atoms with Gasteiger partial charge in [-0.1, -0.05) is 115 Å². The Morgan fingerprint density at radius 3 is 1.84 bits per heavy atom. The molecule has 0 bridgehead atoms. The molecule has 0 fully saturated rings. The third kappa shape index (κ3) is 2.17. The van der Waals surface area contributed by atoms with Crippen LogP contribution in [0.5, 0.6) is 0 Å². The van der Waals surface area contributed by atoms with Crippen molar-refractivity contribution in [3.63, 3.8) is 0 Å². The topological polar surface area (TPSA) is 13.1 Å². The minimum Gasteiger partial charge on any atom is -0.455 e. The lowest BCUT2D eigenvalue weighted by atomic mass is 10.0. The van der Waals surface area contributed by atoms with Crippen molar-refractivity contribution in [2.75, 3.05) is 0 Å². The molecule has 0 N–H and O–H groups in total. The number of benzene rings is 5. The van der Waals surface area contributed by atoms with Crippen molar-refractivity contribution in [2.24, 2.45) is 0 Å². The van der Waals surface area contributed by atoms with E-state index in [1.807, 2.05) is 6.07 Å². The number of furan rings is 1. The van der Waals surface area contributed by atoms with Crippen LogP contribution in [0.1, 0.15) is 0 Å². The molecule has 2 heterocycles. The second-order valence-corrected chi connectivity index (χ2v) is 12.2. The number of rotatable bonds is 2. The first-order valence-corrected chi connectivity index (χ1v) is 13.0. The molecule has 0 saturated carbocycles. The van der Waals surface area contributed by atoms with E-state index in [4.69, 9.17) is 4.42 Å². The van der Waals surface area contributed by atoms with E-state index in [1.54, 1.807) is 0 Å². The first-order chi connectivity index (χ1) is 15.9. The van der Waals surface area contributed by atoms with Crippen LogP contribution in [0.25, 0.3) is 33.1 Å². The maximum atomic E-state index is 6.54. The minimum absolute atomic E-state index is 0.951. The number of fused-ring (bicyclic) bond motifs is 7. The summed E-state index contributed by atoms with van der Waals surface area (Å²) in [7, 11) is -2.45. The van der Waals surface area contributed by atoms with Crippen LogP contribution in [0, 0.1) is 0 Å². The Morgan fingerprint density at radius 1 is 0.469 bits per heavy atom. The molecule has 0 radical (unpaired) electrons. The van der Waals surface area contributed by atoms with E-state index in [1.165, 1.54) is 42.6 Å². The Bertz CT molecular complexity index is 1570. The van der Waals surface area contributed by atoms with Crippen LogP contribution >= 0.6 is 0 Å². The van der Waals surface area contributed by atoms with Gasteiger partial charge in [0.2, 0.25) is 0 Å². The standard InChI is InChI=1S/C30H20OSi/c1-3-11-21(12-4-1)32(22-13-5-2-6-14-22)27-18-10-8-16-25(27)29-28(32)20-19-24-23-15-7-9-17-26(23)31-30(24)29/h1-20H. The Balaban J connectivity index is 1.71. The van der Waals surface area contributed by atoms with Crippen LogP contribution < -0.4 is 20.7 Å². The molecule has 6 aromatic rings. The largest absolute Gasteiger partial charge is 0.455 e. The van der Waals surface area contributed by atoms with Gasteiger partial charge in [-0.15, -0.1) is 0 Å². The second kappa shape index (κ2) is 6.56. The highest BCUT2D eigenvalue weighted by Gasteiger charge is 2.49. The summed E-state index contributed by atoms with van der Waals surface area (Å²) in [6.45, 7) is 0. The van der Waals surface area contributed by atoms with Gasteiger partial charge in [-0.25, -0.2) is 0 Å². The molecule has 0 unspecified atom stereocenters. The molecule has 7 rings (SSSR count). The molecule has 32 heavy (non-hydrogen) atoms. The van der Waals surface area contributed by atoms with E-state index in [2.05, 4.69) is 115 Å². The zero-order chi connectivity index (χ0) is 21.1. The van der Waals surface area contributed by atoms with Crippen LogP contribution in [0.3, 0.4) is 0 Å². The molecule has 0 spiro atoms. The highest BCUT2D eigenvalue weighted by Crippen LogP contribution is 2.38. The highest BCUT2D eigenvalue weighted by atomic mass is 28.3. The Hall–Kier alpha value is -3.88. The van der Waals surface area contributed by atoms with Crippen molar-refractivity contribution >= 4 is 50.8 Å². The molecular formula is C30H20OSi. The van der Waals surface area contributed by atoms with Crippen molar-refractivity contribution in [3.8, 4) is 11.1 Å². The van der Waals surface area contributed by atoms with E-state index in [0.29, 0.717) is 0 Å². The van der Waals surface area contributed by atoms with Gasteiger partial charge in [-0.3, -0.25) is 0 Å². The number of para-hydroxylation sites is 1. The average molecular weight is 425 g/mol. The summed E-state index contributed by atoms with van der Waals surface area (Å²) in [4.78, 5) is 0. The smallest absolute Gasteiger partial charge is 0.181 e. The maximum Gasteiger partial charge on any atom is 0.181 e. The van der Waals surface area contributed by atoms with E-state index < -0.39 is 8.07 Å². The van der Waals surface area contributed by atoms with Crippen LogP contribution in [0.15, 0.2) is 126 Å². The summed E-state index contributed by atoms with van der Waals surface area (Å²) in [6.07, 6.45) is 0. The third-order valence-electron chi connectivity index (χ3n) is 6.96. The van der Waals surface area contributed by atoms with Crippen LogP contribution in [0.2, 0.25) is 0 Å². The van der Waals surface area contributed by atoms with Gasteiger partial charge in [0.05, 0.1) is 0 Å². The molecule has 5 aromatic carbocycles. The summed E-state index contributed by atoms with van der Waals surface area (Å²) < 4.78 is 6.54. The van der Waals surface area contributed by atoms with Crippen LogP contribution in [-0.2, 0) is 0 Å². The monoisotopic (exact) mass is 424 g/mol.